The molecule has 0 aliphatic heterocycles. The van der Waals surface area contributed by atoms with Gasteiger partial charge in [-0.1, -0.05) is 38.1 Å². The van der Waals surface area contributed by atoms with Crippen molar-refractivity contribution in [1.29, 1.82) is 0 Å². The summed E-state index contributed by atoms with van der Waals surface area (Å²) in [5.74, 6) is -0.916. The summed E-state index contributed by atoms with van der Waals surface area (Å²) < 4.78 is 18.8. The van der Waals surface area contributed by atoms with Crippen molar-refractivity contribution in [2.24, 2.45) is 0 Å². The smallest absolute Gasteiger partial charge is 0.276 e. The molecule has 0 bridgehead atoms. The zero-order valence-corrected chi connectivity index (χ0v) is 14.2. The van der Waals surface area contributed by atoms with E-state index in [1.54, 1.807) is 12.1 Å². The second-order valence-electron chi connectivity index (χ2n) is 5.65. The van der Waals surface area contributed by atoms with Gasteiger partial charge < -0.3 is 4.74 Å². The van der Waals surface area contributed by atoms with Gasteiger partial charge in [0.1, 0.15) is 11.6 Å². The molecule has 2 aromatic rings. The molecule has 1 atom stereocenters. The lowest BCUT2D eigenvalue weighted by molar-refractivity contribution is -0.123. The lowest BCUT2D eigenvalue weighted by atomic mass is 9.99. The van der Waals surface area contributed by atoms with Gasteiger partial charge in [-0.3, -0.25) is 20.4 Å². The number of hydrogen-bond donors (Lipinski definition) is 2. The Hall–Kier alpha value is -2.89. The zero-order chi connectivity index (χ0) is 18.2. The predicted octanol–water partition coefficient (Wildman–Crippen LogP) is 3.18. The quantitative estimate of drug-likeness (QED) is 0.791. The van der Waals surface area contributed by atoms with E-state index in [2.05, 4.69) is 24.7 Å². The number of rotatable bonds is 6. The fourth-order valence-corrected chi connectivity index (χ4v) is 2.15. The van der Waals surface area contributed by atoms with Crippen LogP contribution in [0.4, 0.5) is 4.39 Å². The monoisotopic (exact) mass is 344 g/mol. The first-order valence-corrected chi connectivity index (χ1v) is 8.07. The number of hydrazine groups is 1. The fourth-order valence-electron chi connectivity index (χ4n) is 2.15. The molecule has 0 spiro atoms. The summed E-state index contributed by atoms with van der Waals surface area (Å²) in [5, 5.41) is 0. The molecule has 2 amide bonds. The molecule has 0 aliphatic rings. The average Bonchev–Trinajstić information content (AvgIpc) is 2.64. The lowest BCUT2D eigenvalue weighted by Crippen LogP contribution is -2.44. The van der Waals surface area contributed by atoms with Crippen molar-refractivity contribution in [2.75, 3.05) is 6.61 Å². The maximum absolute atomic E-state index is 13.5. The highest BCUT2D eigenvalue weighted by Crippen LogP contribution is 2.21. The standard InChI is InChI=1S/C19H21FN2O3/c1-3-13(2)14-8-10-15(11-9-14)25-12-18(23)21-22-19(24)16-6-4-5-7-17(16)20/h4-11,13H,3,12H2,1-2H3,(H,21,23)(H,22,24). The molecular weight excluding hydrogens is 323 g/mol. The molecule has 0 saturated carbocycles. The van der Waals surface area contributed by atoms with Crippen LogP contribution in [-0.2, 0) is 4.79 Å². The third-order valence-electron chi connectivity index (χ3n) is 3.87. The highest BCUT2D eigenvalue weighted by Gasteiger charge is 2.12. The van der Waals surface area contributed by atoms with Crippen molar-refractivity contribution in [1.82, 2.24) is 10.9 Å². The number of benzene rings is 2. The summed E-state index contributed by atoms with van der Waals surface area (Å²) in [4.78, 5) is 23.5. The van der Waals surface area contributed by atoms with Crippen LogP contribution >= 0.6 is 0 Å². The first kappa shape index (κ1) is 18.4. The Morgan fingerprint density at radius 3 is 2.40 bits per heavy atom. The van der Waals surface area contributed by atoms with Crippen LogP contribution in [0.1, 0.15) is 42.1 Å². The zero-order valence-electron chi connectivity index (χ0n) is 14.2. The topological polar surface area (TPSA) is 67.4 Å². The van der Waals surface area contributed by atoms with Gasteiger partial charge in [0.25, 0.3) is 11.8 Å². The number of carbonyl (C=O) groups excluding carboxylic acids is 2. The highest BCUT2D eigenvalue weighted by molar-refractivity contribution is 5.95. The SMILES string of the molecule is CCC(C)c1ccc(OCC(=O)NNC(=O)c2ccccc2F)cc1. The number of halogens is 1. The van der Waals surface area contributed by atoms with Crippen molar-refractivity contribution < 1.29 is 18.7 Å². The third kappa shape index (κ3) is 5.31. The van der Waals surface area contributed by atoms with Crippen LogP contribution in [0.3, 0.4) is 0 Å². The summed E-state index contributed by atoms with van der Waals surface area (Å²) >= 11 is 0. The molecule has 2 rings (SSSR count). The molecule has 0 aliphatic carbocycles. The minimum Gasteiger partial charge on any atom is -0.484 e. The van der Waals surface area contributed by atoms with Crippen LogP contribution in [0.2, 0.25) is 0 Å². The van der Waals surface area contributed by atoms with Crippen molar-refractivity contribution >= 4 is 11.8 Å². The van der Waals surface area contributed by atoms with Crippen LogP contribution in [-0.4, -0.2) is 18.4 Å². The number of amides is 2. The van der Waals surface area contributed by atoms with Crippen LogP contribution in [0.5, 0.6) is 5.75 Å². The van der Waals surface area contributed by atoms with Crippen LogP contribution < -0.4 is 15.6 Å². The van der Waals surface area contributed by atoms with E-state index in [0.717, 1.165) is 6.42 Å². The van der Waals surface area contributed by atoms with E-state index in [-0.39, 0.29) is 12.2 Å². The summed E-state index contributed by atoms with van der Waals surface area (Å²) in [6.07, 6.45) is 1.05. The number of ether oxygens (including phenoxy) is 1. The maximum atomic E-state index is 13.5. The molecule has 0 fully saturated rings. The molecule has 0 radical (unpaired) electrons. The van der Waals surface area contributed by atoms with Gasteiger partial charge in [-0.2, -0.15) is 0 Å². The number of carbonyl (C=O) groups is 2. The first-order valence-electron chi connectivity index (χ1n) is 8.07. The Morgan fingerprint density at radius 1 is 1.08 bits per heavy atom. The Balaban J connectivity index is 1.79. The van der Waals surface area contributed by atoms with Gasteiger partial charge in [0.05, 0.1) is 5.56 Å². The Labute approximate surface area is 146 Å². The van der Waals surface area contributed by atoms with Crippen molar-refractivity contribution in [2.45, 2.75) is 26.2 Å². The van der Waals surface area contributed by atoms with E-state index < -0.39 is 17.6 Å². The summed E-state index contributed by atoms with van der Waals surface area (Å²) in [6.45, 7) is 4.00. The first-order chi connectivity index (χ1) is 12.0. The van der Waals surface area contributed by atoms with Gasteiger partial charge in [0.2, 0.25) is 0 Å². The molecule has 1 unspecified atom stereocenters. The van der Waals surface area contributed by atoms with Crippen molar-refractivity contribution in [3.8, 4) is 5.75 Å². The Bertz CT molecular complexity index is 732. The molecule has 0 saturated heterocycles. The third-order valence-corrected chi connectivity index (χ3v) is 3.87. The second kappa shape index (κ2) is 8.82. The van der Waals surface area contributed by atoms with Gasteiger partial charge in [-0.25, -0.2) is 4.39 Å². The van der Waals surface area contributed by atoms with Gasteiger partial charge in [-0.05, 0) is 42.2 Å². The minimum absolute atomic E-state index is 0.149. The molecule has 2 N–H and O–H groups in total. The predicted molar refractivity (Wildman–Crippen MR) is 92.7 cm³/mol. The van der Waals surface area contributed by atoms with Gasteiger partial charge in [0.15, 0.2) is 6.61 Å². The molecule has 132 valence electrons. The summed E-state index contributed by atoms with van der Waals surface area (Å²) in [6, 6.07) is 13.0. The van der Waals surface area contributed by atoms with E-state index in [1.807, 2.05) is 12.1 Å². The lowest BCUT2D eigenvalue weighted by Gasteiger charge is -2.11. The second-order valence-corrected chi connectivity index (χ2v) is 5.65. The molecule has 2 aromatic carbocycles. The highest BCUT2D eigenvalue weighted by atomic mass is 19.1. The summed E-state index contributed by atoms with van der Waals surface area (Å²) in [7, 11) is 0. The van der Waals surface area contributed by atoms with E-state index in [1.165, 1.54) is 29.8 Å². The minimum atomic E-state index is -0.732. The number of nitrogens with one attached hydrogen (secondary N) is 2. The van der Waals surface area contributed by atoms with Crippen molar-refractivity contribution in [3.63, 3.8) is 0 Å². The normalized spacial score (nSPS) is 11.5. The van der Waals surface area contributed by atoms with Gasteiger partial charge in [-0.15, -0.1) is 0 Å². The molecule has 0 heterocycles. The van der Waals surface area contributed by atoms with Crippen molar-refractivity contribution in [3.05, 3.63) is 65.5 Å². The molecule has 5 nitrogen and oxygen atoms in total. The molecule has 6 heteroatoms. The fraction of sp³-hybridized carbons (Fsp3) is 0.263. The number of hydrogen-bond acceptors (Lipinski definition) is 3. The average molecular weight is 344 g/mol. The molecule has 0 aromatic heterocycles. The largest absolute Gasteiger partial charge is 0.484 e. The van der Waals surface area contributed by atoms with E-state index in [0.29, 0.717) is 11.7 Å². The summed E-state index contributed by atoms with van der Waals surface area (Å²) in [5.41, 5.74) is 5.39. The molecular formula is C19H21FN2O3. The van der Waals surface area contributed by atoms with Gasteiger partial charge in [0, 0.05) is 0 Å². The molecule has 25 heavy (non-hydrogen) atoms. The Kier molecular flexibility index (Phi) is 6.51. The van der Waals surface area contributed by atoms with Gasteiger partial charge >= 0.3 is 0 Å². The van der Waals surface area contributed by atoms with E-state index >= 15 is 0 Å². The van der Waals surface area contributed by atoms with E-state index in [9.17, 15) is 14.0 Å². The van der Waals surface area contributed by atoms with Crippen LogP contribution in [0.15, 0.2) is 48.5 Å². The maximum Gasteiger partial charge on any atom is 0.276 e. The van der Waals surface area contributed by atoms with E-state index in [4.69, 9.17) is 4.74 Å². The van der Waals surface area contributed by atoms with Crippen LogP contribution in [0, 0.1) is 5.82 Å². The van der Waals surface area contributed by atoms with Crippen LogP contribution in [0.25, 0.3) is 0 Å². The Morgan fingerprint density at radius 2 is 1.76 bits per heavy atom.